The highest BCUT2D eigenvalue weighted by atomic mass is 35.5. The molecule has 0 spiro atoms. The lowest BCUT2D eigenvalue weighted by Gasteiger charge is -2.35. The Bertz CT molecular complexity index is 719. The van der Waals surface area contributed by atoms with Crippen LogP contribution in [0, 0.1) is 0 Å². The number of nitrogens with one attached hydrogen (secondary N) is 1. The first-order chi connectivity index (χ1) is 13.1. The summed E-state index contributed by atoms with van der Waals surface area (Å²) in [6, 6.07) is 2.93. The second kappa shape index (κ2) is 9.47. The van der Waals surface area contributed by atoms with Crippen LogP contribution in [-0.2, 0) is 15.7 Å². The molecule has 28 heavy (non-hydrogen) atoms. The molecular weight excluding hydrogens is 397 g/mol. The third-order valence-corrected chi connectivity index (χ3v) is 4.93. The van der Waals surface area contributed by atoms with Crippen molar-refractivity contribution in [1.82, 2.24) is 9.80 Å². The van der Waals surface area contributed by atoms with E-state index < -0.39 is 17.7 Å². The summed E-state index contributed by atoms with van der Waals surface area (Å²) in [5.74, 6) is -0.663. The fourth-order valence-electron chi connectivity index (χ4n) is 2.92. The summed E-state index contributed by atoms with van der Waals surface area (Å²) in [5.41, 5.74) is 1.59. The minimum absolute atomic E-state index is 0.00937. The van der Waals surface area contributed by atoms with Crippen LogP contribution in [0.2, 0.25) is 5.02 Å². The molecule has 10 heteroatoms. The Morgan fingerprint density at radius 1 is 1.39 bits per heavy atom. The molecule has 1 aromatic rings. The lowest BCUT2D eigenvalue weighted by molar-refractivity contribution is -0.138. The van der Waals surface area contributed by atoms with Crippen LogP contribution in [0.1, 0.15) is 25.3 Å². The van der Waals surface area contributed by atoms with Crippen molar-refractivity contribution in [3.8, 4) is 0 Å². The summed E-state index contributed by atoms with van der Waals surface area (Å²) in [7, 11) is 3.74. The Labute approximate surface area is 167 Å². The zero-order valence-corrected chi connectivity index (χ0v) is 16.8. The van der Waals surface area contributed by atoms with Gasteiger partial charge < -0.3 is 14.5 Å². The summed E-state index contributed by atoms with van der Waals surface area (Å²) in [6.07, 6.45) is -2.86. The number of carbonyl (C=O) groups is 1. The predicted octanol–water partition coefficient (Wildman–Crippen LogP) is 3.67. The van der Waals surface area contributed by atoms with Crippen LogP contribution in [0.25, 0.3) is 0 Å². The number of piperidine rings is 1. The fraction of sp³-hybridized carbons (Fsp3) is 0.556. The van der Waals surface area contributed by atoms with Crippen molar-refractivity contribution in [1.29, 1.82) is 0 Å². The number of benzene rings is 1. The quantitative estimate of drug-likeness (QED) is 0.348. The number of ether oxygens (including phenoxy) is 1. The highest BCUT2D eigenvalue weighted by molar-refractivity contribution is 6.35. The van der Waals surface area contributed by atoms with Gasteiger partial charge in [-0.25, -0.2) is 4.79 Å². The van der Waals surface area contributed by atoms with Gasteiger partial charge in [0.2, 0.25) is 5.84 Å². The monoisotopic (exact) mass is 420 g/mol. The molecule has 6 nitrogen and oxygen atoms in total. The van der Waals surface area contributed by atoms with Crippen molar-refractivity contribution >= 4 is 29.1 Å². The summed E-state index contributed by atoms with van der Waals surface area (Å²) in [6.45, 7) is 3.57. The van der Waals surface area contributed by atoms with E-state index in [-0.39, 0.29) is 29.2 Å². The number of rotatable bonds is 4. The van der Waals surface area contributed by atoms with Gasteiger partial charge in [-0.05, 0) is 58.1 Å². The number of hydrogen-bond donors (Lipinski definition) is 1. The fourth-order valence-corrected chi connectivity index (χ4v) is 3.08. The van der Waals surface area contributed by atoms with Crippen molar-refractivity contribution in [2.24, 2.45) is 5.10 Å². The van der Waals surface area contributed by atoms with Gasteiger partial charge in [0.25, 0.3) is 0 Å². The molecule has 1 aliphatic rings. The van der Waals surface area contributed by atoms with Gasteiger partial charge >= 0.3 is 12.1 Å². The smallest absolute Gasteiger partial charge is 0.416 e. The van der Waals surface area contributed by atoms with E-state index in [4.69, 9.17) is 16.3 Å². The Balaban J connectivity index is 2.26. The summed E-state index contributed by atoms with van der Waals surface area (Å²) in [4.78, 5) is 16.3. The number of anilines is 1. The third-order valence-electron chi connectivity index (χ3n) is 4.60. The molecule has 2 rings (SSSR count). The van der Waals surface area contributed by atoms with E-state index in [1.807, 2.05) is 7.05 Å². The van der Waals surface area contributed by atoms with E-state index in [2.05, 4.69) is 15.4 Å². The largest absolute Gasteiger partial charge is 0.460 e. The maximum absolute atomic E-state index is 12.9. The molecular formula is C18H24ClF3N4O2. The summed E-state index contributed by atoms with van der Waals surface area (Å²) in [5, 5.41) is 4.10. The molecule has 0 amide bonds. The summed E-state index contributed by atoms with van der Waals surface area (Å²) >= 11 is 5.98. The van der Waals surface area contributed by atoms with Crippen LogP contribution in [-0.4, -0.2) is 61.4 Å². The number of likely N-dealkylation sites (N-methyl/N-ethyl adjacent to an activating group) is 1. The number of nitrogens with zero attached hydrogens (tertiary/aromatic N) is 3. The predicted molar refractivity (Wildman–Crippen MR) is 102 cm³/mol. The van der Waals surface area contributed by atoms with E-state index in [0.29, 0.717) is 0 Å². The van der Waals surface area contributed by atoms with Gasteiger partial charge in [-0.1, -0.05) is 11.6 Å². The number of hydrogen-bond acceptors (Lipinski definition) is 5. The minimum Gasteiger partial charge on any atom is -0.460 e. The molecule has 0 saturated carbocycles. The molecule has 1 aliphatic heterocycles. The number of esters is 1. The van der Waals surface area contributed by atoms with Crippen LogP contribution in [0.5, 0.6) is 0 Å². The molecule has 1 aromatic carbocycles. The van der Waals surface area contributed by atoms with E-state index in [1.54, 1.807) is 18.9 Å². The van der Waals surface area contributed by atoms with Crippen molar-refractivity contribution in [3.05, 3.63) is 28.8 Å². The van der Waals surface area contributed by atoms with Gasteiger partial charge in [-0.3, -0.25) is 5.43 Å². The highest BCUT2D eigenvalue weighted by Gasteiger charge is 2.31. The number of likely N-dealkylation sites (tertiary alicyclic amines) is 1. The van der Waals surface area contributed by atoms with Crippen molar-refractivity contribution < 1.29 is 22.7 Å². The number of amidine groups is 1. The highest BCUT2D eigenvalue weighted by Crippen LogP contribution is 2.33. The molecule has 1 heterocycles. The molecule has 0 unspecified atom stereocenters. The first-order valence-electron chi connectivity index (χ1n) is 8.92. The van der Waals surface area contributed by atoms with Crippen LogP contribution < -0.4 is 5.43 Å². The Kier molecular flexibility index (Phi) is 7.54. The SMILES string of the molecule is CCOC(=O)/C(=N/Nc1cc(C(F)(F)F)ccc1Cl)N(C)C1CCN(C)CC1. The van der Waals surface area contributed by atoms with Crippen LogP contribution in [0.15, 0.2) is 23.3 Å². The molecule has 0 bridgehead atoms. The number of hydrazone groups is 1. The Morgan fingerprint density at radius 2 is 2.04 bits per heavy atom. The number of carbonyl (C=O) groups excluding carboxylic acids is 1. The Morgan fingerprint density at radius 3 is 2.61 bits per heavy atom. The normalized spacial score (nSPS) is 16.8. The lowest BCUT2D eigenvalue weighted by Crippen LogP contribution is -2.47. The molecule has 0 aromatic heterocycles. The molecule has 0 atom stereocenters. The van der Waals surface area contributed by atoms with Gasteiger partial charge in [0.1, 0.15) is 0 Å². The van der Waals surface area contributed by atoms with E-state index in [1.165, 1.54) is 0 Å². The van der Waals surface area contributed by atoms with Crippen molar-refractivity contribution in [3.63, 3.8) is 0 Å². The third kappa shape index (κ3) is 5.75. The molecule has 1 N–H and O–H groups in total. The Hall–Kier alpha value is -2.00. The minimum atomic E-state index is -4.51. The molecule has 1 saturated heterocycles. The first kappa shape index (κ1) is 22.3. The first-order valence-corrected chi connectivity index (χ1v) is 9.30. The second-order valence-electron chi connectivity index (χ2n) is 6.61. The zero-order valence-electron chi connectivity index (χ0n) is 16.0. The maximum atomic E-state index is 12.9. The molecule has 0 aliphatic carbocycles. The lowest BCUT2D eigenvalue weighted by atomic mass is 10.0. The maximum Gasteiger partial charge on any atom is 0.416 e. The number of halogens is 4. The summed E-state index contributed by atoms with van der Waals surface area (Å²) < 4.78 is 43.9. The van der Waals surface area contributed by atoms with Gasteiger partial charge in [0, 0.05) is 13.1 Å². The topological polar surface area (TPSA) is 57.2 Å². The molecule has 0 radical (unpaired) electrons. The zero-order chi connectivity index (χ0) is 20.9. The van der Waals surface area contributed by atoms with Crippen molar-refractivity contribution in [2.75, 3.05) is 39.2 Å². The van der Waals surface area contributed by atoms with Crippen molar-refractivity contribution in [2.45, 2.75) is 32.0 Å². The average Bonchev–Trinajstić information content (AvgIpc) is 2.63. The van der Waals surface area contributed by atoms with Crippen LogP contribution >= 0.6 is 11.6 Å². The van der Waals surface area contributed by atoms with Crippen LogP contribution in [0.3, 0.4) is 0 Å². The van der Waals surface area contributed by atoms with E-state index >= 15 is 0 Å². The van der Waals surface area contributed by atoms with Gasteiger partial charge in [-0.15, -0.1) is 5.10 Å². The van der Waals surface area contributed by atoms with Gasteiger partial charge in [-0.2, -0.15) is 13.2 Å². The second-order valence-corrected chi connectivity index (χ2v) is 7.01. The average molecular weight is 421 g/mol. The van der Waals surface area contributed by atoms with Gasteiger partial charge in [0.05, 0.1) is 22.9 Å². The number of alkyl halides is 3. The van der Waals surface area contributed by atoms with Crippen LogP contribution in [0.4, 0.5) is 18.9 Å². The standard InChI is InChI=1S/C18H24ClF3N4O2/c1-4-28-17(27)16(26(3)13-7-9-25(2)10-8-13)24-23-15-11-12(18(20,21)22)5-6-14(15)19/h5-6,11,13,23H,4,7-10H2,1-3H3/b24-16-. The molecule has 1 fully saturated rings. The van der Waals surface area contributed by atoms with Gasteiger partial charge in [0.15, 0.2) is 0 Å². The van der Waals surface area contributed by atoms with E-state index in [0.717, 1.165) is 44.1 Å². The molecule has 156 valence electrons. The van der Waals surface area contributed by atoms with E-state index in [9.17, 15) is 18.0 Å².